The molecule has 1 aliphatic carbocycles. The van der Waals surface area contributed by atoms with Crippen LogP contribution in [0.1, 0.15) is 48.6 Å². The minimum atomic E-state index is -0.230. The topological polar surface area (TPSA) is 58.4 Å². The zero-order valence-electron chi connectivity index (χ0n) is 14.7. The second-order valence-electron chi connectivity index (χ2n) is 6.99. The fourth-order valence-electron chi connectivity index (χ4n) is 2.63. The van der Waals surface area contributed by atoms with Crippen molar-refractivity contribution in [2.24, 2.45) is 5.92 Å². The van der Waals surface area contributed by atoms with Gasteiger partial charge in [-0.1, -0.05) is 26.0 Å². The number of hydrogen-bond acceptors (Lipinski definition) is 4. The van der Waals surface area contributed by atoms with Crippen LogP contribution in [0.5, 0.6) is 0 Å². The SMILES string of the molecule is CC(C)CNC(=O)c1coc(CN(Cc2ccc(F)cc2)C2CC2)n1. The largest absolute Gasteiger partial charge is 0.447 e. The Morgan fingerprint density at radius 1 is 1.32 bits per heavy atom. The van der Waals surface area contributed by atoms with E-state index in [-0.39, 0.29) is 11.7 Å². The predicted molar refractivity (Wildman–Crippen MR) is 92.3 cm³/mol. The van der Waals surface area contributed by atoms with E-state index >= 15 is 0 Å². The number of hydrogen-bond donors (Lipinski definition) is 1. The molecule has 1 aromatic heterocycles. The van der Waals surface area contributed by atoms with Crippen molar-refractivity contribution < 1.29 is 13.6 Å². The van der Waals surface area contributed by atoms with E-state index in [0.717, 1.165) is 18.4 Å². The van der Waals surface area contributed by atoms with Crippen molar-refractivity contribution in [1.29, 1.82) is 0 Å². The first-order chi connectivity index (χ1) is 12.0. The van der Waals surface area contributed by atoms with Crippen molar-refractivity contribution in [2.45, 2.75) is 45.8 Å². The van der Waals surface area contributed by atoms with Crippen LogP contribution in [0.2, 0.25) is 0 Å². The lowest BCUT2D eigenvalue weighted by Gasteiger charge is -2.20. The second-order valence-corrected chi connectivity index (χ2v) is 6.99. The zero-order valence-corrected chi connectivity index (χ0v) is 14.7. The maximum atomic E-state index is 13.1. The fourth-order valence-corrected chi connectivity index (χ4v) is 2.63. The van der Waals surface area contributed by atoms with Gasteiger partial charge in [0, 0.05) is 19.1 Å². The molecule has 0 aliphatic heterocycles. The van der Waals surface area contributed by atoms with Crippen LogP contribution in [0.3, 0.4) is 0 Å². The summed E-state index contributed by atoms with van der Waals surface area (Å²) >= 11 is 0. The maximum Gasteiger partial charge on any atom is 0.273 e. The van der Waals surface area contributed by atoms with Crippen LogP contribution in [-0.2, 0) is 13.1 Å². The lowest BCUT2D eigenvalue weighted by molar-refractivity contribution is 0.0944. The van der Waals surface area contributed by atoms with Crippen LogP contribution < -0.4 is 5.32 Å². The number of nitrogens with zero attached hydrogens (tertiary/aromatic N) is 2. The molecular formula is C19H24FN3O2. The van der Waals surface area contributed by atoms with E-state index in [4.69, 9.17) is 4.42 Å². The number of halogens is 1. The molecule has 2 aromatic rings. The van der Waals surface area contributed by atoms with Gasteiger partial charge in [0.15, 0.2) is 5.69 Å². The summed E-state index contributed by atoms with van der Waals surface area (Å²) < 4.78 is 18.5. The van der Waals surface area contributed by atoms with E-state index in [1.807, 2.05) is 13.8 Å². The Morgan fingerprint density at radius 2 is 2.04 bits per heavy atom. The smallest absolute Gasteiger partial charge is 0.273 e. The Hall–Kier alpha value is -2.21. The van der Waals surface area contributed by atoms with Crippen LogP contribution in [0.15, 0.2) is 34.9 Å². The maximum absolute atomic E-state index is 13.1. The number of aromatic nitrogens is 1. The molecule has 0 saturated heterocycles. The molecule has 1 saturated carbocycles. The third-order valence-electron chi connectivity index (χ3n) is 4.16. The molecule has 1 aromatic carbocycles. The standard InChI is InChI=1S/C19H24FN3O2/c1-13(2)9-21-19(24)17-12-25-18(22-17)11-23(16-7-8-16)10-14-3-5-15(20)6-4-14/h3-6,12-13,16H,7-11H2,1-2H3,(H,21,24). The molecule has 1 N–H and O–H groups in total. The van der Waals surface area contributed by atoms with Gasteiger partial charge >= 0.3 is 0 Å². The van der Waals surface area contributed by atoms with Gasteiger partial charge in [0.05, 0.1) is 6.54 Å². The van der Waals surface area contributed by atoms with Crippen molar-refractivity contribution in [3.8, 4) is 0 Å². The minimum Gasteiger partial charge on any atom is -0.447 e. The molecule has 1 amide bonds. The summed E-state index contributed by atoms with van der Waals surface area (Å²) in [4.78, 5) is 18.6. The molecule has 0 spiro atoms. The summed E-state index contributed by atoms with van der Waals surface area (Å²) in [6.45, 7) is 5.94. The Bertz CT molecular complexity index is 708. The first-order valence-corrected chi connectivity index (χ1v) is 8.72. The van der Waals surface area contributed by atoms with Gasteiger partial charge in [-0.15, -0.1) is 0 Å². The molecule has 25 heavy (non-hydrogen) atoms. The van der Waals surface area contributed by atoms with E-state index in [9.17, 15) is 9.18 Å². The molecule has 3 rings (SSSR count). The zero-order chi connectivity index (χ0) is 17.8. The number of carbonyl (C=O) groups excluding carboxylic acids is 1. The molecule has 0 atom stereocenters. The molecule has 134 valence electrons. The van der Waals surface area contributed by atoms with Crippen molar-refractivity contribution in [3.63, 3.8) is 0 Å². The highest BCUT2D eigenvalue weighted by molar-refractivity contribution is 5.91. The van der Waals surface area contributed by atoms with E-state index < -0.39 is 0 Å². The molecule has 6 heteroatoms. The molecule has 1 aliphatic rings. The monoisotopic (exact) mass is 345 g/mol. The second kappa shape index (κ2) is 7.78. The van der Waals surface area contributed by atoms with Gasteiger partial charge in [0.25, 0.3) is 5.91 Å². The van der Waals surface area contributed by atoms with Gasteiger partial charge in [-0.2, -0.15) is 0 Å². The highest BCUT2D eigenvalue weighted by Crippen LogP contribution is 2.29. The average Bonchev–Trinajstić information content (AvgIpc) is 3.33. The summed E-state index contributed by atoms with van der Waals surface area (Å²) in [7, 11) is 0. The fraction of sp³-hybridized carbons (Fsp3) is 0.474. The number of amides is 1. The molecule has 1 fully saturated rings. The summed E-state index contributed by atoms with van der Waals surface area (Å²) in [5.41, 5.74) is 1.36. The number of oxazole rings is 1. The van der Waals surface area contributed by atoms with E-state index in [0.29, 0.717) is 43.2 Å². The number of carbonyl (C=O) groups is 1. The number of rotatable bonds is 8. The quantitative estimate of drug-likeness (QED) is 0.797. The van der Waals surface area contributed by atoms with Gasteiger partial charge in [-0.25, -0.2) is 9.37 Å². The highest BCUT2D eigenvalue weighted by Gasteiger charge is 2.30. The van der Waals surface area contributed by atoms with Crippen molar-refractivity contribution >= 4 is 5.91 Å². The summed E-state index contributed by atoms with van der Waals surface area (Å²) in [5, 5.41) is 2.83. The summed E-state index contributed by atoms with van der Waals surface area (Å²) in [5.74, 6) is 0.478. The summed E-state index contributed by atoms with van der Waals surface area (Å²) in [6, 6.07) is 7.04. The average molecular weight is 345 g/mol. The minimum absolute atomic E-state index is 0.208. The molecule has 1 heterocycles. The Balaban J connectivity index is 1.61. The highest BCUT2D eigenvalue weighted by atomic mass is 19.1. The normalized spacial score (nSPS) is 14.3. The third kappa shape index (κ3) is 5.13. The summed E-state index contributed by atoms with van der Waals surface area (Å²) in [6.07, 6.45) is 3.70. The van der Waals surface area contributed by atoms with Gasteiger partial charge in [0.1, 0.15) is 12.1 Å². The van der Waals surface area contributed by atoms with Gasteiger partial charge in [-0.3, -0.25) is 9.69 Å². The van der Waals surface area contributed by atoms with Crippen molar-refractivity contribution in [1.82, 2.24) is 15.2 Å². The molecule has 5 nitrogen and oxygen atoms in total. The molecule has 0 radical (unpaired) electrons. The Labute approximate surface area is 147 Å². The Kier molecular flexibility index (Phi) is 5.48. The third-order valence-corrected chi connectivity index (χ3v) is 4.16. The van der Waals surface area contributed by atoms with Crippen LogP contribution in [0.4, 0.5) is 4.39 Å². The van der Waals surface area contributed by atoms with E-state index in [1.54, 1.807) is 12.1 Å². The van der Waals surface area contributed by atoms with Crippen LogP contribution in [-0.4, -0.2) is 28.4 Å². The van der Waals surface area contributed by atoms with Gasteiger partial charge in [0.2, 0.25) is 5.89 Å². The van der Waals surface area contributed by atoms with E-state index in [2.05, 4.69) is 15.2 Å². The number of benzene rings is 1. The molecule has 0 unspecified atom stereocenters. The van der Waals surface area contributed by atoms with Gasteiger partial charge < -0.3 is 9.73 Å². The van der Waals surface area contributed by atoms with Crippen LogP contribution in [0.25, 0.3) is 0 Å². The molecular weight excluding hydrogens is 321 g/mol. The lowest BCUT2D eigenvalue weighted by atomic mass is 10.2. The van der Waals surface area contributed by atoms with Crippen molar-refractivity contribution in [2.75, 3.05) is 6.54 Å². The van der Waals surface area contributed by atoms with Crippen LogP contribution >= 0.6 is 0 Å². The molecule has 0 bridgehead atoms. The predicted octanol–water partition coefficient (Wildman–Crippen LogP) is 3.36. The first-order valence-electron chi connectivity index (χ1n) is 8.72. The Morgan fingerprint density at radius 3 is 2.68 bits per heavy atom. The first kappa shape index (κ1) is 17.6. The van der Waals surface area contributed by atoms with Gasteiger partial charge in [-0.05, 0) is 36.5 Å². The van der Waals surface area contributed by atoms with E-state index in [1.165, 1.54) is 18.4 Å². The number of nitrogens with one attached hydrogen (secondary N) is 1. The van der Waals surface area contributed by atoms with Crippen LogP contribution in [0, 0.1) is 11.7 Å². The lowest BCUT2D eigenvalue weighted by Crippen LogP contribution is -2.28. The van der Waals surface area contributed by atoms with Crippen molar-refractivity contribution in [3.05, 3.63) is 53.5 Å².